The fraction of sp³-hybridized carbons (Fsp3) is 0.235. The summed E-state index contributed by atoms with van der Waals surface area (Å²) in [6.07, 6.45) is -1.28. The molecular weight excluding hydrogens is 565 g/mol. The van der Waals surface area contributed by atoms with Gasteiger partial charge in [0.25, 0.3) is 11.8 Å². The topological polar surface area (TPSA) is 76.7 Å². The molecule has 0 saturated heterocycles. The molecule has 0 aliphatic carbocycles. The number of ether oxygens (including phenoxy) is 2. The van der Waals surface area contributed by atoms with Crippen molar-refractivity contribution in [2.45, 2.75) is 63.5 Å². The van der Waals surface area contributed by atoms with Gasteiger partial charge in [0, 0.05) is 21.2 Å². The van der Waals surface area contributed by atoms with Gasteiger partial charge < -0.3 is 20.1 Å². The Morgan fingerprint density at radius 1 is 0.595 bits per heavy atom. The molecule has 2 atom stereocenters. The maximum absolute atomic E-state index is 12.8. The lowest BCUT2D eigenvalue weighted by molar-refractivity contribution is -0.122. The van der Waals surface area contributed by atoms with Crippen LogP contribution in [0.4, 0.5) is 11.4 Å². The fourth-order valence-corrected chi connectivity index (χ4v) is 6.13. The molecule has 42 heavy (non-hydrogen) atoms. The first-order chi connectivity index (χ1) is 20.1. The van der Waals surface area contributed by atoms with Gasteiger partial charge in [0.15, 0.2) is 12.2 Å². The lowest BCUT2D eigenvalue weighted by atomic mass is 10.1. The summed E-state index contributed by atoms with van der Waals surface area (Å²) >= 11 is 0. The van der Waals surface area contributed by atoms with Crippen molar-refractivity contribution in [2.24, 2.45) is 0 Å². The van der Waals surface area contributed by atoms with Gasteiger partial charge in [0.2, 0.25) is 0 Å². The maximum Gasteiger partial charge on any atom is 0.265 e. The number of nitrogens with one attached hydrogen (secondary N) is 2. The van der Waals surface area contributed by atoms with Crippen LogP contribution in [0.2, 0.25) is 0 Å². The second-order valence-corrected chi connectivity index (χ2v) is 12.5. The van der Waals surface area contributed by atoms with Gasteiger partial charge >= 0.3 is 0 Å². The largest absolute Gasteiger partial charge is 0.481 e. The lowest BCUT2D eigenvalue weighted by Gasteiger charge is -2.17. The number of hydrogen-bond acceptors (Lipinski definition) is 6. The molecule has 0 fully saturated rings. The predicted molar refractivity (Wildman–Crippen MR) is 174 cm³/mol. The van der Waals surface area contributed by atoms with E-state index >= 15 is 0 Å². The molecular formula is C34H36N2O4S2. The summed E-state index contributed by atoms with van der Waals surface area (Å²) in [5.41, 5.74) is 5.70. The van der Waals surface area contributed by atoms with Crippen molar-refractivity contribution < 1.29 is 19.1 Å². The molecule has 0 spiro atoms. The molecule has 0 aliphatic heterocycles. The zero-order chi connectivity index (χ0) is 30.2. The van der Waals surface area contributed by atoms with Crippen LogP contribution in [0.1, 0.15) is 36.1 Å². The van der Waals surface area contributed by atoms with E-state index in [1.807, 2.05) is 113 Å². The van der Waals surface area contributed by atoms with Gasteiger partial charge in [0.1, 0.15) is 11.5 Å². The number of aryl methyl sites for hydroxylation is 4. The van der Waals surface area contributed by atoms with E-state index in [1.165, 1.54) is 0 Å². The molecule has 0 saturated carbocycles. The molecule has 0 bridgehead atoms. The summed E-state index contributed by atoms with van der Waals surface area (Å²) in [6.45, 7) is 11.5. The predicted octanol–water partition coefficient (Wildman–Crippen LogP) is 8.53. The number of carbonyl (C=O) groups is 2. The first-order valence-electron chi connectivity index (χ1n) is 13.7. The third kappa shape index (κ3) is 8.81. The highest BCUT2D eigenvalue weighted by atomic mass is 33.1. The van der Waals surface area contributed by atoms with Crippen LogP contribution in [-0.4, -0.2) is 24.0 Å². The molecule has 4 rings (SSSR count). The van der Waals surface area contributed by atoms with E-state index in [1.54, 1.807) is 35.4 Å². The van der Waals surface area contributed by atoms with Gasteiger partial charge in [-0.15, -0.1) is 0 Å². The average molecular weight is 601 g/mol. The molecule has 8 heteroatoms. The van der Waals surface area contributed by atoms with E-state index in [0.717, 1.165) is 32.0 Å². The normalized spacial score (nSPS) is 12.2. The van der Waals surface area contributed by atoms with Crippen molar-refractivity contribution in [1.82, 2.24) is 0 Å². The van der Waals surface area contributed by atoms with E-state index in [-0.39, 0.29) is 11.8 Å². The van der Waals surface area contributed by atoms with Crippen molar-refractivity contribution >= 4 is 44.8 Å². The summed E-state index contributed by atoms with van der Waals surface area (Å²) in [6, 6.07) is 27.2. The van der Waals surface area contributed by atoms with Gasteiger partial charge in [-0.1, -0.05) is 63.0 Å². The van der Waals surface area contributed by atoms with E-state index in [4.69, 9.17) is 9.47 Å². The van der Waals surface area contributed by atoms with Crippen LogP contribution >= 0.6 is 21.6 Å². The smallest absolute Gasteiger partial charge is 0.265 e. The molecule has 2 N–H and O–H groups in total. The Morgan fingerprint density at radius 2 is 1.10 bits per heavy atom. The van der Waals surface area contributed by atoms with Crippen LogP contribution in [0.15, 0.2) is 94.7 Å². The minimum atomic E-state index is -0.641. The highest BCUT2D eigenvalue weighted by Crippen LogP contribution is 2.38. The SMILES string of the molecule is Cc1ccc(OC(C)C(=O)Nc2ccc(SSc3cccc(NC(=O)C(C)Oc4ccc(C)cc4C)c3)cc2)c(C)c1. The number of rotatable bonds is 11. The Bertz CT molecular complexity index is 1560. The number of hydrogen-bond donors (Lipinski definition) is 2. The maximum atomic E-state index is 12.8. The lowest BCUT2D eigenvalue weighted by Crippen LogP contribution is -2.30. The standard InChI is InChI=1S/C34H36N2O4S2/c1-21-10-16-31(23(3)18-21)39-25(5)33(37)35-27-12-14-29(15-13-27)41-42-30-9-7-8-28(20-30)36-34(38)26(6)40-32-17-11-22(2)19-24(32)4/h7-20,25-26H,1-6H3,(H,35,37)(H,36,38). The zero-order valence-corrected chi connectivity index (χ0v) is 26.3. The quantitative estimate of drug-likeness (QED) is 0.168. The molecule has 4 aromatic carbocycles. The number of anilines is 2. The Labute approximate surface area is 256 Å². The Kier molecular flexibility index (Phi) is 10.6. The van der Waals surface area contributed by atoms with Gasteiger partial charge in [-0.2, -0.15) is 0 Å². The highest BCUT2D eigenvalue weighted by molar-refractivity contribution is 8.76. The monoisotopic (exact) mass is 600 g/mol. The molecule has 0 heterocycles. The molecule has 0 radical (unpaired) electrons. The van der Waals surface area contributed by atoms with Crippen LogP contribution in [0.25, 0.3) is 0 Å². The van der Waals surface area contributed by atoms with Crippen molar-refractivity contribution in [3.63, 3.8) is 0 Å². The van der Waals surface area contributed by atoms with E-state index < -0.39 is 12.2 Å². The molecule has 0 aromatic heterocycles. The molecule has 0 aliphatic rings. The van der Waals surface area contributed by atoms with Crippen molar-refractivity contribution in [2.75, 3.05) is 10.6 Å². The molecule has 4 aromatic rings. The van der Waals surface area contributed by atoms with Crippen LogP contribution in [0.5, 0.6) is 11.5 Å². The van der Waals surface area contributed by atoms with Crippen LogP contribution in [-0.2, 0) is 9.59 Å². The highest BCUT2D eigenvalue weighted by Gasteiger charge is 2.17. The second-order valence-electron chi connectivity index (χ2n) is 10.3. The second kappa shape index (κ2) is 14.3. The molecule has 218 valence electrons. The Hall–Kier alpha value is -3.88. The third-order valence-corrected chi connectivity index (χ3v) is 8.86. The molecule has 2 unspecified atom stereocenters. The number of amides is 2. The molecule has 6 nitrogen and oxygen atoms in total. The van der Waals surface area contributed by atoms with Crippen molar-refractivity contribution in [3.05, 3.63) is 107 Å². The van der Waals surface area contributed by atoms with Gasteiger partial charge in [0.05, 0.1) is 0 Å². The number of benzene rings is 4. The summed E-state index contributed by atoms with van der Waals surface area (Å²) in [4.78, 5) is 27.5. The van der Waals surface area contributed by atoms with Gasteiger partial charge in [-0.05, 0) is 107 Å². The van der Waals surface area contributed by atoms with Crippen LogP contribution in [0.3, 0.4) is 0 Å². The first kappa shape index (κ1) is 31.1. The summed E-state index contributed by atoms with van der Waals surface area (Å²) < 4.78 is 11.8. The van der Waals surface area contributed by atoms with E-state index in [9.17, 15) is 9.59 Å². The minimum absolute atomic E-state index is 0.211. The van der Waals surface area contributed by atoms with Crippen molar-refractivity contribution in [3.8, 4) is 11.5 Å². The summed E-state index contributed by atoms with van der Waals surface area (Å²) in [7, 11) is 3.18. The Balaban J connectivity index is 1.26. The van der Waals surface area contributed by atoms with Crippen LogP contribution in [0, 0.1) is 27.7 Å². The number of carbonyl (C=O) groups excluding carboxylic acids is 2. The Morgan fingerprint density at radius 3 is 1.62 bits per heavy atom. The van der Waals surface area contributed by atoms with E-state index in [0.29, 0.717) is 22.9 Å². The first-order valence-corrected chi connectivity index (χ1v) is 15.9. The van der Waals surface area contributed by atoms with Crippen LogP contribution < -0.4 is 20.1 Å². The van der Waals surface area contributed by atoms with Gasteiger partial charge in [-0.3, -0.25) is 9.59 Å². The summed E-state index contributed by atoms with van der Waals surface area (Å²) in [5.74, 6) is 0.985. The van der Waals surface area contributed by atoms with E-state index in [2.05, 4.69) is 10.6 Å². The molecule has 2 amide bonds. The third-order valence-electron chi connectivity index (χ3n) is 6.46. The van der Waals surface area contributed by atoms with Gasteiger partial charge in [-0.25, -0.2) is 0 Å². The van der Waals surface area contributed by atoms with Crippen molar-refractivity contribution in [1.29, 1.82) is 0 Å². The minimum Gasteiger partial charge on any atom is -0.481 e. The zero-order valence-electron chi connectivity index (χ0n) is 24.7. The average Bonchev–Trinajstić information content (AvgIpc) is 2.95. The summed E-state index contributed by atoms with van der Waals surface area (Å²) in [5, 5.41) is 5.87. The fourth-order valence-electron chi connectivity index (χ4n) is 4.15.